The van der Waals surface area contributed by atoms with Crippen LogP contribution in [0.5, 0.6) is 0 Å². The minimum absolute atomic E-state index is 0. The van der Waals surface area contributed by atoms with Crippen molar-refractivity contribution in [2.24, 2.45) is 16.8 Å². The van der Waals surface area contributed by atoms with E-state index in [-0.39, 0.29) is 7.43 Å². The van der Waals surface area contributed by atoms with E-state index in [2.05, 4.69) is 258 Å². The number of hydrogen-bond acceptors (Lipinski definition) is 6. The molecular formula is C68H92N6. The molecule has 4 heterocycles. The molecule has 1 aromatic heterocycles. The number of allylic oxidation sites excluding steroid dienone is 1. The lowest BCUT2D eigenvalue weighted by Gasteiger charge is -2.34. The van der Waals surface area contributed by atoms with E-state index < -0.39 is 0 Å². The zero-order valence-corrected chi connectivity index (χ0v) is 46.5. The molecule has 10 rings (SSSR count). The van der Waals surface area contributed by atoms with E-state index in [0.717, 1.165) is 69.4 Å². The second-order valence-corrected chi connectivity index (χ2v) is 21.8. The maximum atomic E-state index is 4.43. The Bertz CT molecular complexity index is 2640. The standard InChI is InChI=1S/C14H22N2.C14H16.C13H20N2.2C13H15N.CH4/c1-12(2)13-4-6-14(7-5-13)16-10-8-15(3)9-11-16;1-11(2)10-13-8-5-7-12-6-3-4-9-14(12)13;1-11(2)12-3-5-13(6-4-12)15-9-7-14-8-10-15;1-10(2)9-12-6-3-5-11-7-4-8-14-13(11)12;1-10(2)11-5-7-12(8-6-11)13-4-3-9-14-13;/h4-7,12H,8-11H2,1-3H3;3-9,11H,10H2,1-2H3;3-6,11,14H,7-10H2,1-2H3;2*3-8,10H,9H2,1-2H3;1H4. The number of aliphatic imine (C=N–C) groups is 1. The second kappa shape index (κ2) is 30.3. The fourth-order valence-electron chi connectivity index (χ4n) is 9.40. The van der Waals surface area contributed by atoms with Gasteiger partial charge in [0.15, 0.2) is 0 Å². The normalized spacial score (nSPS) is 14.4. The highest BCUT2D eigenvalue weighted by Gasteiger charge is 2.15. The van der Waals surface area contributed by atoms with Gasteiger partial charge in [-0.3, -0.25) is 9.98 Å². The van der Waals surface area contributed by atoms with Gasteiger partial charge in [-0.15, -0.1) is 0 Å². The van der Waals surface area contributed by atoms with Crippen LogP contribution in [0.4, 0.5) is 11.4 Å². The van der Waals surface area contributed by atoms with Crippen molar-refractivity contribution < 1.29 is 0 Å². The summed E-state index contributed by atoms with van der Waals surface area (Å²) in [7, 11) is 2.19. The molecule has 0 amide bonds. The molecule has 2 saturated heterocycles. The second-order valence-electron chi connectivity index (χ2n) is 21.8. The van der Waals surface area contributed by atoms with Crippen molar-refractivity contribution in [2.45, 2.75) is 107 Å². The van der Waals surface area contributed by atoms with Crippen LogP contribution in [0, 0.1) is 11.8 Å². The lowest BCUT2D eigenvalue weighted by atomic mass is 9.97. The van der Waals surface area contributed by atoms with Gasteiger partial charge in [-0.05, 0) is 130 Å². The molecule has 394 valence electrons. The minimum Gasteiger partial charge on any atom is -0.369 e. The van der Waals surface area contributed by atoms with Crippen molar-refractivity contribution in [3.63, 3.8) is 0 Å². The number of hydrogen-bond donors (Lipinski definition) is 1. The summed E-state index contributed by atoms with van der Waals surface area (Å²) in [6, 6.07) is 52.4. The van der Waals surface area contributed by atoms with Gasteiger partial charge in [0.25, 0.3) is 0 Å². The molecule has 0 atom stereocenters. The molecule has 3 aliphatic heterocycles. The molecule has 74 heavy (non-hydrogen) atoms. The third-order valence-corrected chi connectivity index (χ3v) is 13.8. The van der Waals surface area contributed by atoms with Crippen molar-refractivity contribution in [3.8, 4) is 0 Å². The Labute approximate surface area is 449 Å². The Kier molecular flexibility index (Phi) is 24.1. The summed E-state index contributed by atoms with van der Waals surface area (Å²) in [5, 5.41) is 7.37. The predicted octanol–water partition coefficient (Wildman–Crippen LogP) is 16.1. The summed E-state index contributed by atoms with van der Waals surface area (Å²) in [4.78, 5) is 16.1. The summed E-state index contributed by atoms with van der Waals surface area (Å²) >= 11 is 0. The zero-order valence-electron chi connectivity index (χ0n) is 46.5. The van der Waals surface area contributed by atoms with Gasteiger partial charge in [0.05, 0.1) is 17.8 Å². The Hall–Kier alpha value is -6.08. The average molecular weight is 994 g/mol. The van der Waals surface area contributed by atoms with Crippen molar-refractivity contribution in [1.29, 1.82) is 0 Å². The van der Waals surface area contributed by atoms with Gasteiger partial charge in [0, 0.05) is 75.3 Å². The van der Waals surface area contributed by atoms with E-state index in [4.69, 9.17) is 0 Å². The van der Waals surface area contributed by atoms with Gasteiger partial charge in [0.2, 0.25) is 0 Å². The van der Waals surface area contributed by atoms with Crippen LogP contribution >= 0.6 is 0 Å². The summed E-state index contributed by atoms with van der Waals surface area (Å²) in [6.45, 7) is 32.3. The maximum Gasteiger partial charge on any atom is 0.0733 e. The topological polar surface area (TPSA) is 47.0 Å². The minimum atomic E-state index is 0. The number of fused-ring (bicyclic) bond motifs is 2. The van der Waals surface area contributed by atoms with Crippen LogP contribution in [0.15, 0.2) is 169 Å². The molecule has 0 radical (unpaired) electrons. The van der Waals surface area contributed by atoms with Gasteiger partial charge < -0.3 is 20.0 Å². The van der Waals surface area contributed by atoms with Crippen LogP contribution in [0.25, 0.3) is 21.7 Å². The van der Waals surface area contributed by atoms with E-state index in [9.17, 15) is 0 Å². The van der Waals surface area contributed by atoms with Gasteiger partial charge in [-0.1, -0.05) is 198 Å². The van der Waals surface area contributed by atoms with E-state index in [0.29, 0.717) is 23.7 Å². The third kappa shape index (κ3) is 18.4. The molecule has 0 spiro atoms. The van der Waals surface area contributed by atoms with Crippen molar-refractivity contribution in [3.05, 3.63) is 197 Å². The van der Waals surface area contributed by atoms with Crippen molar-refractivity contribution in [1.82, 2.24) is 15.2 Å². The SMILES string of the molecule is C.CC(C)Cc1cccc2ccccc12.CC(C)Cc1cccc2cccnc12.CC(C)c1ccc(C2=NCC=C2)cc1.CC(C)c1ccc(N2CCN(C)CC2)cc1.CC(C)c1ccc(N2CCNCC2)cc1. The molecular weight excluding hydrogens is 901 g/mol. The van der Waals surface area contributed by atoms with E-state index in [1.807, 2.05) is 12.3 Å². The van der Waals surface area contributed by atoms with Gasteiger partial charge in [0.1, 0.15) is 0 Å². The Balaban J connectivity index is 0.000000171. The highest BCUT2D eigenvalue weighted by molar-refractivity contribution is 6.09. The van der Waals surface area contributed by atoms with Crippen LogP contribution in [0.1, 0.15) is 128 Å². The molecule has 0 bridgehead atoms. The average Bonchev–Trinajstić information content (AvgIpc) is 3.96. The summed E-state index contributed by atoms with van der Waals surface area (Å²) in [5.41, 5.74) is 13.3. The molecule has 0 unspecified atom stereocenters. The summed E-state index contributed by atoms with van der Waals surface area (Å²) < 4.78 is 0. The zero-order chi connectivity index (χ0) is 52.1. The quantitative estimate of drug-likeness (QED) is 0.148. The fraction of sp³-hybridized carbons (Fsp3) is 0.412. The molecule has 6 aromatic carbocycles. The Morgan fingerprint density at radius 1 is 0.486 bits per heavy atom. The van der Waals surface area contributed by atoms with Gasteiger partial charge in [-0.25, -0.2) is 0 Å². The summed E-state index contributed by atoms with van der Waals surface area (Å²) in [6.07, 6.45) is 8.32. The number of para-hydroxylation sites is 1. The predicted molar refractivity (Wildman–Crippen MR) is 326 cm³/mol. The van der Waals surface area contributed by atoms with Crippen LogP contribution in [-0.4, -0.2) is 81.5 Å². The van der Waals surface area contributed by atoms with Gasteiger partial charge >= 0.3 is 0 Å². The van der Waals surface area contributed by atoms with Crippen molar-refractivity contribution >= 4 is 38.8 Å². The molecule has 6 heteroatoms. The Morgan fingerprint density at radius 2 is 0.959 bits per heavy atom. The number of nitrogens with one attached hydrogen (secondary N) is 1. The maximum absolute atomic E-state index is 4.43. The number of likely N-dealkylation sites (N-methyl/N-ethyl adjacent to an activating group) is 1. The first-order valence-corrected chi connectivity index (χ1v) is 27.4. The first-order valence-electron chi connectivity index (χ1n) is 27.4. The van der Waals surface area contributed by atoms with Crippen LogP contribution in [0.2, 0.25) is 0 Å². The lowest BCUT2D eigenvalue weighted by Crippen LogP contribution is -2.44. The first-order chi connectivity index (χ1) is 35.2. The van der Waals surface area contributed by atoms with Crippen LogP contribution in [-0.2, 0) is 12.8 Å². The molecule has 1 N–H and O–H groups in total. The molecule has 7 aromatic rings. The number of benzene rings is 6. The number of nitrogens with zero attached hydrogens (tertiary/aromatic N) is 5. The molecule has 6 nitrogen and oxygen atoms in total. The smallest absolute Gasteiger partial charge is 0.0733 e. The first kappa shape index (κ1) is 58.8. The van der Waals surface area contributed by atoms with Crippen molar-refractivity contribution in [2.75, 3.05) is 75.8 Å². The largest absolute Gasteiger partial charge is 0.369 e. The molecule has 0 aliphatic carbocycles. The van der Waals surface area contributed by atoms with E-state index in [1.165, 1.54) is 80.4 Å². The monoisotopic (exact) mass is 993 g/mol. The summed E-state index contributed by atoms with van der Waals surface area (Å²) in [5.74, 6) is 3.26. The molecule has 3 aliphatic rings. The highest BCUT2D eigenvalue weighted by atomic mass is 15.2. The number of rotatable bonds is 10. The number of anilines is 2. The lowest BCUT2D eigenvalue weighted by molar-refractivity contribution is 0.313. The van der Waals surface area contributed by atoms with Gasteiger partial charge in [-0.2, -0.15) is 0 Å². The fourth-order valence-corrected chi connectivity index (χ4v) is 9.40. The van der Waals surface area contributed by atoms with Crippen LogP contribution < -0.4 is 15.1 Å². The number of aromatic nitrogens is 1. The molecule has 0 saturated carbocycles. The Morgan fingerprint density at radius 3 is 1.49 bits per heavy atom. The number of pyridine rings is 1. The number of piperazine rings is 2. The highest BCUT2D eigenvalue weighted by Crippen LogP contribution is 2.24. The van der Waals surface area contributed by atoms with E-state index in [1.54, 1.807) is 0 Å². The molecule has 2 fully saturated rings. The third-order valence-electron chi connectivity index (χ3n) is 13.8. The van der Waals surface area contributed by atoms with E-state index >= 15 is 0 Å². The van der Waals surface area contributed by atoms with Crippen LogP contribution in [0.3, 0.4) is 0 Å².